The third-order valence-corrected chi connectivity index (χ3v) is 7.05. The van der Waals surface area contributed by atoms with Gasteiger partial charge in [-0.2, -0.15) is 0 Å². The first kappa shape index (κ1) is 30.5. The number of halogens is 2. The number of aromatic nitrogens is 1. The summed E-state index contributed by atoms with van der Waals surface area (Å²) in [5, 5.41) is 0. The van der Waals surface area contributed by atoms with Crippen molar-refractivity contribution in [2.75, 3.05) is 20.2 Å². The summed E-state index contributed by atoms with van der Waals surface area (Å²) >= 11 is 0. The number of hydrogen-bond acceptors (Lipinski definition) is 7. The number of carbonyl (C=O) groups excluding carboxylic acids is 3. The Labute approximate surface area is 241 Å². The van der Waals surface area contributed by atoms with E-state index in [1.54, 1.807) is 28.8 Å². The van der Waals surface area contributed by atoms with E-state index in [2.05, 4.69) is 10.9 Å². The first-order valence-electron chi connectivity index (χ1n) is 13.3. The molecule has 0 fully saturated rings. The summed E-state index contributed by atoms with van der Waals surface area (Å²) in [6.45, 7) is 4.48. The van der Waals surface area contributed by atoms with Gasteiger partial charge in [-0.3, -0.25) is 30.0 Å². The molecule has 222 valence electrons. The lowest BCUT2D eigenvalue weighted by atomic mass is 10.1. The molecule has 4 rings (SSSR count). The Morgan fingerprint density at radius 3 is 2.57 bits per heavy atom. The Kier molecular flexibility index (Phi) is 9.81. The van der Waals surface area contributed by atoms with E-state index in [-0.39, 0.29) is 54.1 Å². The molecule has 1 aromatic heterocycles. The fourth-order valence-electron chi connectivity index (χ4n) is 4.62. The first-order valence-corrected chi connectivity index (χ1v) is 13.3. The molecule has 42 heavy (non-hydrogen) atoms. The molecule has 2 amide bonds. The molecule has 0 saturated carbocycles. The summed E-state index contributed by atoms with van der Waals surface area (Å²) in [7, 11) is 1.90. The van der Waals surface area contributed by atoms with Gasteiger partial charge in [0.1, 0.15) is 29.5 Å². The molecule has 1 atom stereocenters. The molecule has 2 aromatic carbocycles. The molecule has 0 radical (unpaired) electrons. The summed E-state index contributed by atoms with van der Waals surface area (Å²) in [5.74, 6) is -3.79. The van der Waals surface area contributed by atoms with Crippen molar-refractivity contribution in [3.05, 3.63) is 98.5 Å². The summed E-state index contributed by atoms with van der Waals surface area (Å²) in [5.41, 5.74) is 3.92. The van der Waals surface area contributed by atoms with Crippen molar-refractivity contribution in [3.8, 4) is 5.75 Å². The Hall–Kier alpha value is -4.42. The van der Waals surface area contributed by atoms with Crippen LogP contribution in [0.25, 0.3) is 0 Å². The van der Waals surface area contributed by atoms with Crippen molar-refractivity contribution in [2.45, 2.75) is 45.6 Å². The van der Waals surface area contributed by atoms with Gasteiger partial charge in [0.05, 0.1) is 31.4 Å². The maximum atomic E-state index is 14.0. The Morgan fingerprint density at radius 2 is 1.90 bits per heavy atom. The smallest absolute Gasteiger partial charge is 0.275 e. The van der Waals surface area contributed by atoms with Crippen molar-refractivity contribution in [1.29, 1.82) is 0 Å². The van der Waals surface area contributed by atoms with E-state index in [0.29, 0.717) is 18.9 Å². The minimum atomic E-state index is -0.972. The summed E-state index contributed by atoms with van der Waals surface area (Å²) in [4.78, 5) is 54.0. The van der Waals surface area contributed by atoms with Crippen molar-refractivity contribution in [1.82, 2.24) is 20.3 Å². The summed E-state index contributed by atoms with van der Waals surface area (Å²) in [6.07, 6.45) is 0.0331. The largest absolute Gasteiger partial charge is 0.483 e. The number of benzene rings is 2. The highest BCUT2D eigenvalue weighted by Crippen LogP contribution is 2.28. The normalized spacial score (nSPS) is 14.4. The van der Waals surface area contributed by atoms with Crippen molar-refractivity contribution in [3.63, 3.8) is 0 Å². The predicted octanol–water partition coefficient (Wildman–Crippen LogP) is 2.93. The number of likely N-dealkylation sites (N-methyl/N-ethyl adjacent to an activating group) is 1. The zero-order chi connectivity index (χ0) is 30.4. The van der Waals surface area contributed by atoms with Crippen LogP contribution in [0.15, 0.2) is 53.3 Å². The average molecular weight is 583 g/mol. The maximum Gasteiger partial charge on any atom is 0.275 e. The van der Waals surface area contributed by atoms with Crippen molar-refractivity contribution < 1.29 is 32.6 Å². The van der Waals surface area contributed by atoms with E-state index < -0.39 is 41.3 Å². The molecule has 0 spiro atoms. The van der Waals surface area contributed by atoms with Crippen LogP contribution < -0.4 is 21.0 Å². The molecule has 0 aliphatic carbocycles. The molecule has 1 aliphatic heterocycles. The minimum Gasteiger partial charge on any atom is -0.483 e. The fourth-order valence-corrected chi connectivity index (χ4v) is 4.62. The monoisotopic (exact) mass is 582 g/mol. The van der Waals surface area contributed by atoms with Crippen LogP contribution in [0.4, 0.5) is 8.78 Å². The standard InChI is InChI=1S/C30H32F2N4O6/c1-18(2)35(3)13-22-16-41-17-25-27(30(40)34-33-26(38)11-20-9-10-21(31)12-23(20)32)28(39)29(24(14-37)36(22)25)42-15-19-7-5-4-6-8-19/h4-10,12,14,18,22H,11,13,15-17H2,1-3H3,(H,33,38)(H,34,40). The molecule has 12 heteroatoms. The second-order valence-electron chi connectivity index (χ2n) is 10.2. The zero-order valence-electron chi connectivity index (χ0n) is 23.5. The second kappa shape index (κ2) is 13.5. The highest BCUT2D eigenvalue weighted by Gasteiger charge is 2.33. The van der Waals surface area contributed by atoms with Crippen LogP contribution in [0.2, 0.25) is 0 Å². The van der Waals surface area contributed by atoms with Crippen molar-refractivity contribution >= 4 is 18.1 Å². The SMILES string of the molecule is CC(C)N(C)CC1COCc2c(C(=O)NNC(=O)Cc3ccc(F)cc3F)c(=O)c(OCc3ccccc3)c(C=O)n21. The number of hydrogen-bond donors (Lipinski definition) is 2. The molecular formula is C30H32F2N4O6. The third-order valence-electron chi connectivity index (χ3n) is 7.05. The van der Waals surface area contributed by atoms with Crippen LogP contribution in [0, 0.1) is 11.6 Å². The molecule has 0 saturated heterocycles. The van der Waals surface area contributed by atoms with Crippen LogP contribution in [0.5, 0.6) is 5.75 Å². The maximum absolute atomic E-state index is 14.0. The van der Waals surface area contributed by atoms with Gasteiger partial charge in [-0.1, -0.05) is 36.4 Å². The quantitative estimate of drug-likeness (QED) is 0.279. The number of ether oxygens (including phenoxy) is 2. The average Bonchev–Trinajstić information content (AvgIpc) is 2.96. The van der Waals surface area contributed by atoms with Crippen LogP contribution in [-0.4, -0.2) is 53.8 Å². The van der Waals surface area contributed by atoms with Gasteiger partial charge in [0.2, 0.25) is 11.3 Å². The highest BCUT2D eigenvalue weighted by molar-refractivity contribution is 5.97. The van der Waals surface area contributed by atoms with Gasteiger partial charge >= 0.3 is 0 Å². The van der Waals surface area contributed by atoms with Crippen LogP contribution in [-0.2, 0) is 29.2 Å². The molecule has 2 N–H and O–H groups in total. The van der Waals surface area contributed by atoms with E-state index in [0.717, 1.165) is 17.7 Å². The van der Waals surface area contributed by atoms with Gasteiger partial charge in [0.15, 0.2) is 12.0 Å². The molecule has 1 aliphatic rings. The van der Waals surface area contributed by atoms with E-state index in [4.69, 9.17) is 9.47 Å². The van der Waals surface area contributed by atoms with Gasteiger partial charge in [-0.15, -0.1) is 0 Å². The van der Waals surface area contributed by atoms with E-state index >= 15 is 0 Å². The molecule has 3 aromatic rings. The predicted molar refractivity (Wildman–Crippen MR) is 149 cm³/mol. The lowest BCUT2D eigenvalue weighted by Crippen LogP contribution is -2.46. The fraction of sp³-hybridized carbons (Fsp3) is 0.333. The van der Waals surface area contributed by atoms with E-state index in [1.807, 2.05) is 31.9 Å². The lowest BCUT2D eigenvalue weighted by molar-refractivity contribution is -0.121. The van der Waals surface area contributed by atoms with Crippen LogP contribution in [0.1, 0.15) is 57.6 Å². The number of carbonyl (C=O) groups is 3. The number of fused-ring (bicyclic) bond motifs is 1. The van der Waals surface area contributed by atoms with Crippen molar-refractivity contribution in [2.24, 2.45) is 0 Å². The first-order chi connectivity index (χ1) is 20.1. The zero-order valence-corrected chi connectivity index (χ0v) is 23.5. The number of pyridine rings is 1. The summed E-state index contributed by atoms with van der Waals surface area (Å²) in [6, 6.07) is 11.5. The molecular weight excluding hydrogens is 550 g/mol. The number of rotatable bonds is 10. The Morgan fingerprint density at radius 1 is 1.17 bits per heavy atom. The van der Waals surface area contributed by atoms with Gasteiger partial charge < -0.3 is 18.9 Å². The number of aldehydes is 1. The molecule has 1 unspecified atom stereocenters. The van der Waals surface area contributed by atoms with Crippen LogP contribution >= 0.6 is 0 Å². The highest BCUT2D eigenvalue weighted by atomic mass is 19.1. The number of nitrogens with zero attached hydrogens (tertiary/aromatic N) is 2. The number of amides is 2. The topological polar surface area (TPSA) is 119 Å². The Balaban J connectivity index is 1.69. The molecule has 0 bridgehead atoms. The summed E-state index contributed by atoms with van der Waals surface area (Å²) < 4.78 is 40.4. The molecule has 10 nitrogen and oxygen atoms in total. The lowest BCUT2D eigenvalue weighted by Gasteiger charge is -2.35. The number of hydrazine groups is 1. The van der Waals surface area contributed by atoms with Gasteiger partial charge in [0.25, 0.3) is 5.91 Å². The van der Waals surface area contributed by atoms with Crippen LogP contribution in [0.3, 0.4) is 0 Å². The van der Waals surface area contributed by atoms with E-state index in [1.165, 1.54) is 0 Å². The van der Waals surface area contributed by atoms with Gasteiger partial charge in [0, 0.05) is 18.7 Å². The van der Waals surface area contributed by atoms with E-state index in [9.17, 15) is 28.0 Å². The van der Waals surface area contributed by atoms with Gasteiger partial charge in [-0.25, -0.2) is 8.78 Å². The second-order valence-corrected chi connectivity index (χ2v) is 10.2. The minimum absolute atomic E-state index is 0.0243. The third kappa shape index (κ3) is 6.89. The molecule has 2 heterocycles. The Bertz CT molecular complexity index is 1530. The van der Waals surface area contributed by atoms with Gasteiger partial charge in [-0.05, 0) is 38.1 Å². The number of nitrogens with one attached hydrogen (secondary N) is 2.